The van der Waals surface area contributed by atoms with Crippen molar-refractivity contribution in [2.24, 2.45) is 0 Å². The Balaban J connectivity index is 1.40. The molecule has 0 bridgehead atoms. The van der Waals surface area contributed by atoms with Crippen LogP contribution in [-0.4, -0.2) is 31.8 Å². The molecule has 29 heavy (non-hydrogen) atoms. The number of hydrogen-bond acceptors (Lipinski definition) is 3. The molecule has 1 amide bonds. The van der Waals surface area contributed by atoms with Gasteiger partial charge in [0.1, 0.15) is 5.82 Å². The number of carbonyl (C=O) groups excluding carboxylic acids is 1. The van der Waals surface area contributed by atoms with E-state index in [0.29, 0.717) is 17.8 Å². The fraction of sp³-hybridized carbons (Fsp3) is 0.227. The van der Waals surface area contributed by atoms with Gasteiger partial charge in [-0.2, -0.15) is 5.10 Å². The Hall–Kier alpha value is -3.48. The van der Waals surface area contributed by atoms with Crippen LogP contribution in [-0.2, 0) is 6.54 Å². The number of hydrogen-bond donors (Lipinski definition) is 1. The minimum atomic E-state index is -0.307. The fourth-order valence-electron chi connectivity index (χ4n) is 3.53. The van der Waals surface area contributed by atoms with E-state index in [9.17, 15) is 9.18 Å². The van der Waals surface area contributed by atoms with Gasteiger partial charge in [-0.25, -0.2) is 14.1 Å². The Morgan fingerprint density at radius 2 is 1.86 bits per heavy atom. The van der Waals surface area contributed by atoms with Crippen molar-refractivity contribution in [1.82, 2.24) is 24.6 Å². The van der Waals surface area contributed by atoms with Gasteiger partial charge in [0.15, 0.2) is 0 Å². The maximum atomic E-state index is 13.2. The fourth-order valence-corrected chi connectivity index (χ4v) is 3.53. The molecule has 6 nitrogen and oxygen atoms in total. The highest BCUT2D eigenvalue weighted by Gasteiger charge is 2.19. The molecule has 148 valence electrons. The van der Waals surface area contributed by atoms with Gasteiger partial charge < -0.3 is 9.88 Å². The van der Waals surface area contributed by atoms with Crippen LogP contribution in [0.25, 0.3) is 16.7 Å². The number of rotatable bonds is 6. The van der Waals surface area contributed by atoms with Gasteiger partial charge in [0.25, 0.3) is 5.91 Å². The Morgan fingerprint density at radius 1 is 1.10 bits per heavy atom. The zero-order valence-electron chi connectivity index (χ0n) is 16.4. The molecule has 0 saturated heterocycles. The summed E-state index contributed by atoms with van der Waals surface area (Å²) in [5, 5.41) is 7.43. The van der Waals surface area contributed by atoms with Crippen LogP contribution >= 0.6 is 0 Å². The molecule has 4 rings (SSSR count). The van der Waals surface area contributed by atoms with Crippen molar-refractivity contribution in [1.29, 1.82) is 0 Å². The zero-order valence-corrected chi connectivity index (χ0v) is 16.4. The normalized spacial score (nSPS) is 11.1. The summed E-state index contributed by atoms with van der Waals surface area (Å²) in [6.45, 7) is 4.97. The predicted octanol–water partition coefficient (Wildman–Crippen LogP) is 3.80. The number of imidazole rings is 1. The summed E-state index contributed by atoms with van der Waals surface area (Å²) in [5.74, 6) is -0.456. The number of amides is 1. The molecule has 0 aliphatic heterocycles. The number of fused-ring (bicyclic) bond motifs is 1. The largest absolute Gasteiger partial charge is 0.352 e. The van der Waals surface area contributed by atoms with Gasteiger partial charge in [-0.05, 0) is 56.7 Å². The summed E-state index contributed by atoms with van der Waals surface area (Å²) in [7, 11) is 0. The smallest absolute Gasteiger partial charge is 0.255 e. The molecule has 4 aromatic rings. The number of halogens is 1. The lowest BCUT2D eigenvalue weighted by atomic mass is 10.2. The molecule has 0 aliphatic carbocycles. The molecule has 0 aliphatic rings. The van der Waals surface area contributed by atoms with Crippen LogP contribution in [0.2, 0.25) is 0 Å². The van der Waals surface area contributed by atoms with Crippen LogP contribution < -0.4 is 5.32 Å². The molecule has 0 fully saturated rings. The summed E-state index contributed by atoms with van der Waals surface area (Å²) >= 11 is 0. The van der Waals surface area contributed by atoms with Crippen molar-refractivity contribution in [3.8, 4) is 5.69 Å². The number of para-hydroxylation sites is 2. The van der Waals surface area contributed by atoms with Gasteiger partial charge in [0.2, 0.25) is 0 Å². The van der Waals surface area contributed by atoms with Gasteiger partial charge in [-0.1, -0.05) is 12.1 Å². The highest BCUT2D eigenvalue weighted by molar-refractivity contribution is 5.96. The first-order valence-electron chi connectivity index (χ1n) is 9.55. The van der Waals surface area contributed by atoms with E-state index < -0.39 is 0 Å². The third-order valence-electron chi connectivity index (χ3n) is 4.98. The van der Waals surface area contributed by atoms with Crippen LogP contribution in [0.4, 0.5) is 4.39 Å². The topological polar surface area (TPSA) is 64.7 Å². The summed E-state index contributed by atoms with van der Waals surface area (Å²) < 4.78 is 16.9. The number of aryl methyl sites for hydroxylation is 2. The van der Waals surface area contributed by atoms with E-state index in [0.717, 1.165) is 35.4 Å². The summed E-state index contributed by atoms with van der Waals surface area (Å²) in [6.07, 6.45) is 2.61. The second kappa shape index (κ2) is 7.87. The Labute approximate surface area is 168 Å². The number of benzene rings is 2. The van der Waals surface area contributed by atoms with Crippen molar-refractivity contribution in [2.75, 3.05) is 6.54 Å². The molecular formula is C22H22FN5O. The summed E-state index contributed by atoms with van der Waals surface area (Å²) in [4.78, 5) is 17.1. The number of nitrogens with zero attached hydrogens (tertiary/aromatic N) is 4. The minimum absolute atomic E-state index is 0.149. The highest BCUT2D eigenvalue weighted by Crippen LogP contribution is 2.18. The quantitative estimate of drug-likeness (QED) is 0.509. The summed E-state index contributed by atoms with van der Waals surface area (Å²) in [5.41, 5.74) is 4.71. The van der Waals surface area contributed by atoms with Gasteiger partial charge >= 0.3 is 0 Å². The van der Waals surface area contributed by atoms with E-state index in [2.05, 4.69) is 20.0 Å². The monoisotopic (exact) mass is 391 g/mol. The van der Waals surface area contributed by atoms with Crippen molar-refractivity contribution in [3.63, 3.8) is 0 Å². The predicted molar refractivity (Wildman–Crippen MR) is 110 cm³/mol. The van der Waals surface area contributed by atoms with Crippen molar-refractivity contribution in [2.45, 2.75) is 26.8 Å². The molecule has 2 heterocycles. The minimum Gasteiger partial charge on any atom is -0.352 e. The Bertz CT molecular complexity index is 1160. The second-order valence-electron chi connectivity index (χ2n) is 6.97. The number of carbonyl (C=O) groups is 1. The maximum Gasteiger partial charge on any atom is 0.255 e. The third kappa shape index (κ3) is 3.76. The molecule has 2 aromatic heterocycles. The van der Waals surface area contributed by atoms with Gasteiger partial charge in [-0.3, -0.25) is 4.79 Å². The first-order chi connectivity index (χ1) is 14.0. The molecule has 1 N–H and O–H groups in total. The van der Waals surface area contributed by atoms with E-state index in [-0.39, 0.29) is 11.7 Å². The first-order valence-corrected chi connectivity index (χ1v) is 9.55. The molecule has 0 unspecified atom stereocenters. The first kappa shape index (κ1) is 18.9. The lowest BCUT2D eigenvalue weighted by Crippen LogP contribution is -2.26. The van der Waals surface area contributed by atoms with Crippen molar-refractivity contribution in [3.05, 3.63) is 77.6 Å². The van der Waals surface area contributed by atoms with E-state index in [1.54, 1.807) is 23.7 Å². The Morgan fingerprint density at radius 3 is 2.66 bits per heavy atom. The van der Waals surface area contributed by atoms with Gasteiger partial charge in [0.05, 0.1) is 40.0 Å². The van der Waals surface area contributed by atoms with Crippen LogP contribution in [0.5, 0.6) is 0 Å². The van der Waals surface area contributed by atoms with Crippen molar-refractivity contribution < 1.29 is 9.18 Å². The molecular weight excluding hydrogens is 369 g/mol. The van der Waals surface area contributed by atoms with Crippen molar-refractivity contribution >= 4 is 16.9 Å². The van der Waals surface area contributed by atoms with Crippen LogP contribution in [0, 0.1) is 19.7 Å². The SMILES string of the molecule is Cc1nn(-c2ccc(F)cc2)c(C)c1C(=O)NCCCn1cnc2ccccc21. The highest BCUT2D eigenvalue weighted by atomic mass is 19.1. The molecule has 0 spiro atoms. The molecule has 0 saturated carbocycles. The molecule has 2 aromatic carbocycles. The second-order valence-corrected chi connectivity index (χ2v) is 6.97. The van der Waals surface area contributed by atoms with Crippen LogP contribution in [0.3, 0.4) is 0 Å². The standard InChI is InChI=1S/C22H22FN5O/c1-15-21(16(2)28(26-15)18-10-8-17(23)9-11-18)22(29)24-12-5-13-27-14-25-19-6-3-4-7-20(19)27/h3-4,6-11,14H,5,12-13H2,1-2H3,(H,24,29). The number of aromatic nitrogens is 4. The maximum absolute atomic E-state index is 13.2. The molecule has 0 radical (unpaired) electrons. The van der Waals surface area contributed by atoms with Gasteiger partial charge in [0, 0.05) is 13.1 Å². The number of nitrogens with one attached hydrogen (secondary N) is 1. The van der Waals surface area contributed by atoms with E-state index in [1.807, 2.05) is 37.5 Å². The third-order valence-corrected chi connectivity index (χ3v) is 4.98. The average molecular weight is 391 g/mol. The zero-order chi connectivity index (χ0) is 20.4. The van der Waals surface area contributed by atoms with Crippen LogP contribution in [0.15, 0.2) is 54.9 Å². The molecule has 7 heteroatoms. The lowest BCUT2D eigenvalue weighted by molar-refractivity contribution is 0.0951. The van der Waals surface area contributed by atoms with E-state index in [4.69, 9.17) is 0 Å². The van der Waals surface area contributed by atoms with Crippen LogP contribution in [0.1, 0.15) is 28.2 Å². The van der Waals surface area contributed by atoms with E-state index >= 15 is 0 Å². The van der Waals surface area contributed by atoms with Gasteiger partial charge in [-0.15, -0.1) is 0 Å². The van der Waals surface area contributed by atoms with E-state index in [1.165, 1.54) is 12.1 Å². The average Bonchev–Trinajstić information content (AvgIpc) is 3.26. The lowest BCUT2D eigenvalue weighted by Gasteiger charge is -2.08. The molecule has 0 atom stereocenters. The summed E-state index contributed by atoms with van der Waals surface area (Å²) in [6, 6.07) is 14.0. The Kier molecular flexibility index (Phi) is 5.12.